The summed E-state index contributed by atoms with van der Waals surface area (Å²) in [5, 5.41) is 11.5. The van der Waals surface area contributed by atoms with Crippen LogP contribution in [0.4, 0.5) is 16.2 Å². The van der Waals surface area contributed by atoms with E-state index in [2.05, 4.69) is 29.9 Å². The summed E-state index contributed by atoms with van der Waals surface area (Å²) >= 11 is 0. The summed E-state index contributed by atoms with van der Waals surface area (Å²) in [6, 6.07) is 0. The molecule has 1 saturated carbocycles. The smallest absolute Gasteiger partial charge is 0.390 e. The number of phosphoric ester groups is 2. The topological polar surface area (TPSA) is 300 Å². The molecule has 254 valence electrons. The predicted octanol–water partition coefficient (Wildman–Crippen LogP) is -0.136. The van der Waals surface area contributed by atoms with E-state index in [9.17, 15) is 28.8 Å². The van der Waals surface area contributed by atoms with Gasteiger partial charge >= 0.3 is 15.6 Å². The van der Waals surface area contributed by atoms with E-state index >= 15 is 4.39 Å². The van der Waals surface area contributed by atoms with E-state index < -0.39 is 82.2 Å². The second-order valence-corrected chi connectivity index (χ2v) is 14.6. The number of aliphatic hydroxyl groups excluding tert-OH is 1. The van der Waals surface area contributed by atoms with Gasteiger partial charge in [-0.3, -0.25) is 32.4 Å². The molecular formula is C23H29FN10O11P2. The van der Waals surface area contributed by atoms with Gasteiger partial charge in [-0.2, -0.15) is 4.98 Å². The number of anilines is 2. The number of imidazole rings is 2. The average molecular weight is 702 g/mol. The van der Waals surface area contributed by atoms with Crippen LogP contribution in [-0.2, 0) is 37.5 Å². The zero-order valence-electron chi connectivity index (χ0n) is 24.5. The number of nitrogen functional groups attached to an aromatic ring is 2. The van der Waals surface area contributed by atoms with Crippen LogP contribution < -0.4 is 17.0 Å². The van der Waals surface area contributed by atoms with Crippen LogP contribution in [0.5, 0.6) is 0 Å². The monoisotopic (exact) mass is 702 g/mol. The lowest BCUT2D eigenvalue weighted by Gasteiger charge is -2.43. The molecule has 3 fully saturated rings. The number of H-pyrrole nitrogens is 1. The van der Waals surface area contributed by atoms with Gasteiger partial charge in [0.2, 0.25) is 5.95 Å². The van der Waals surface area contributed by atoms with Gasteiger partial charge in [-0.05, 0) is 20.3 Å². The largest absolute Gasteiger partial charge is 0.472 e. The molecule has 4 aromatic heterocycles. The highest BCUT2D eigenvalue weighted by atomic mass is 31.2. The van der Waals surface area contributed by atoms with E-state index in [0.717, 1.165) is 17.2 Å². The van der Waals surface area contributed by atoms with Crippen molar-refractivity contribution in [1.29, 1.82) is 0 Å². The van der Waals surface area contributed by atoms with E-state index in [-0.39, 0.29) is 40.5 Å². The number of hydrogen-bond donors (Lipinski definition) is 6. The molecule has 1 aliphatic carbocycles. The number of aromatic nitrogens is 8. The van der Waals surface area contributed by atoms with Crippen LogP contribution in [-0.4, -0.2) is 97.2 Å². The average Bonchev–Trinajstić information content (AvgIpc) is 3.73. The highest BCUT2D eigenvalue weighted by Gasteiger charge is 2.65. The SMILES string of the molecule is CC1(n2cnc3c(=O)[nH]c(N)nc32)C[C@@H]2COP(=O)(O)O[C@H]3[C@@H](F)[C@H](n4cnc5c(N)ncnc54)O[C@@H]3COP(=O)(O)O[C@@]1(C)[C@@H]2O. The maximum Gasteiger partial charge on any atom is 0.472 e. The summed E-state index contributed by atoms with van der Waals surface area (Å²) < 4.78 is 72.5. The van der Waals surface area contributed by atoms with Crippen LogP contribution in [0.1, 0.15) is 26.5 Å². The minimum absolute atomic E-state index is 0.00276. The Bertz CT molecular complexity index is 2050. The molecule has 7 rings (SSSR count). The molecule has 0 spiro atoms. The fraction of sp³-hybridized carbons (Fsp3) is 0.565. The number of nitrogens with two attached hydrogens (primary N) is 2. The standard InChI is InChI=1S/C23H29FN10O11P2/c1-22(34-8-30-13-18(34)31-21(26)32-19(13)36)3-9-4-41-46(37,38)44-14-10(5-42-47(39,40)45-23(22,2)15(9)35)43-20(11(14)24)33-7-29-12-16(25)27-6-28-17(12)33/h6-11,14-15,20,35H,3-5H2,1-2H3,(H,37,38)(H,39,40)(H2,25,27,28)(H3,26,31,32,36)/t9-,10-,11-,14-,15-,20-,22?,23+/m1/s1. The Labute approximate surface area is 262 Å². The zero-order chi connectivity index (χ0) is 33.7. The summed E-state index contributed by atoms with van der Waals surface area (Å²) in [7, 11) is -10.3. The number of ether oxygens (including phenoxy) is 1. The molecule has 6 heterocycles. The molecule has 4 aromatic rings. The van der Waals surface area contributed by atoms with Gasteiger partial charge in [0, 0.05) is 5.92 Å². The first-order valence-corrected chi connectivity index (χ1v) is 17.0. The van der Waals surface area contributed by atoms with Crippen molar-refractivity contribution in [2.75, 3.05) is 24.7 Å². The predicted molar refractivity (Wildman–Crippen MR) is 155 cm³/mol. The molecule has 3 aliphatic rings. The van der Waals surface area contributed by atoms with Crippen molar-refractivity contribution in [2.24, 2.45) is 5.92 Å². The maximum atomic E-state index is 16.0. The minimum Gasteiger partial charge on any atom is -0.390 e. The molecular weight excluding hydrogens is 673 g/mol. The molecule has 2 saturated heterocycles. The van der Waals surface area contributed by atoms with Gasteiger partial charge in [0.1, 0.15) is 29.7 Å². The number of fused-ring (bicyclic) bond motifs is 5. The van der Waals surface area contributed by atoms with Gasteiger partial charge in [-0.25, -0.2) is 33.5 Å². The Kier molecular flexibility index (Phi) is 7.38. The first-order valence-electron chi connectivity index (χ1n) is 14.0. The third-order valence-corrected chi connectivity index (χ3v) is 11.1. The lowest BCUT2D eigenvalue weighted by Crippen LogP contribution is -2.54. The van der Waals surface area contributed by atoms with Crippen LogP contribution in [0.3, 0.4) is 0 Å². The molecule has 0 radical (unpaired) electrons. The van der Waals surface area contributed by atoms with E-state index in [4.69, 9.17) is 34.3 Å². The molecule has 21 nitrogen and oxygen atoms in total. The van der Waals surface area contributed by atoms with Gasteiger partial charge in [0.05, 0.1) is 37.5 Å². The number of alkyl halides is 1. The number of hydrogen-bond acceptors (Lipinski definition) is 16. The van der Waals surface area contributed by atoms with Gasteiger partial charge in [-0.15, -0.1) is 0 Å². The van der Waals surface area contributed by atoms with Crippen molar-refractivity contribution in [1.82, 2.24) is 39.0 Å². The van der Waals surface area contributed by atoms with Crippen molar-refractivity contribution < 1.29 is 51.2 Å². The second kappa shape index (κ2) is 10.8. The highest BCUT2D eigenvalue weighted by molar-refractivity contribution is 7.47. The zero-order valence-corrected chi connectivity index (χ0v) is 26.3. The van der Waals surface area contributed by atoms with Gasteiger partial charge in [0.25, 0.3) is 5.56 Å². The van der Waals surface area contributed by atoms with Gasteiger partial charge < -0.3 is 35.7 Å². The number of nitrogens with one attached hydrogen (secondary N) is 1. The van der Waals surface area contributed by atoms with Crippen LogP contribution in [0.15, 0.2) is 23.8 Å². The third kappa shape index (κ3) is 5.07. The van der Waals surface area contributed by atoms with Crippen molar-refractivity contribution >= 4 is 49.7 Å². The fourth-order valence-corrected chi connectivity index (χ4v) is 8.74. The fourth-order valence-electron chi connectivity index (χ4n) is 6.56. The molecule has 24 heteroatoms. The Hall–Kier alpha value is -3.43. The Balaban J connectivity index is 1.26. The Morgan fingerprint density at radius 1 is 1.04 bits per heavy atom. The van der Waals surface area contributed by atoms with Gasteiger partial charge in [0.15, 0.2) is 35.0 Å². The summed E-state index contributed by atoms with van der Waals surface area (Å²) in [4.78, 5) is 56.7. The van der Waals surface area contributed by atoms with Crippen molar-refractivity contribution in [3.05, 3.63) is 29.3 Å². The van der Waals surface area contributed by atoms with Crippen molar-refractivity contribution in [3.8, 4) is 0 Å². The first-order chi connectivity index (χ1) is 22.0. The number of phosphoric acid groups is 2. The Morgan fingerprint density at radius 3 is 2.53 bits per heavy atom. The summed E-state index contributed by atoms with van der Waals surface area (Å²) in [5.41, 5.74) is 7.39. The van der Waals surface area contributed by atoms with E-state index in [1.807, 2.05) is 0 Å². The van der Waals surface area contributed by atoms with Gasteiger partial charge in [-0.1, -0.05) is 0 Å². The number of nitrogens with zero attached hydrogens (tertiary/aromatic N) is 7. The minimum atomic E-state index is -5.18. The highest BCUT2D eigenvalue weighted by Crippen LogP contribution is 2.60. The molecule has 2 bridgehead atoms. The number of aliphatic hydroxyl groups is 1. The molecule has 2 aliphatic heterocycles. The molecule has 0 aromatic carbocycles. The number of halogens is 1. The normalized spacial score (nSPS) is 39.8. The maximum absolute atomic E-state index is 16.0. The van der Waals surface area contributed by atoms with Crippen molar-refractivity contribution in [3.63, 3.8) is 0 Å². The lowest BCUT2D eigenvalue weighted by atomic mass is 9.84. The molecule has 0 amide bonds. The summed E-state index contributed by atoms with van der Waals surface area (Å²) in [6.45, 7) is 1.27. The Morgan fingerprint density at radius 2 is 1.77 bits per heavy atom. The van der Waals surface area contributed by atoms with Crippen LogP contribution in [0.2, 0.25) is 0 Å². The van der Waals surface area contributed by atoms with E-state index in [1.54, 1.807) is 0 Å². The molecule has 47 heavy (non-hydrogen) atoms. The molecule has 8 N–H and O–H groups in total. The van der Waals surface area contributed by atoms with Crippen LogP contribution in [0.25, 0.3) is 22.3 Å². The van der Waals surface area contributed by atoms with E-state index in [0.29, 0.717) is 0 Å². The lowest BCUT2D eigenvalue weighted by molar-refractivity contribution is -0.105. The third-order valence-electron chi connectivity index (χ3n) is 9.04. The number of aromatic amines is 1. The summed E-state index contributed by atoms with van der Waals surface area (Å²) in [5.74, 6) is -1.32. The molecule has 10 atom stereocenters. The van der Waals surface area contributed by atoms with Crippen molar-refractivity contribution in [2.45, 2.75) is 62.1 Å². The molecule has 3 unspecified atom stereocenters. The van der Waals surface area contributed by atoms with E-state index in [1.165, 1.54) is 24.7 Å². The summed E-state index contributed by atoms with van der Waals surface area (Å²) in [6.07, 6.45) is -5.53. The van der Waals surface area contributed by atoms with Crippen LogP contribution in [0, 0.1) is 5.92 Å². The number of rotatable bonds is 2. The first kappa shape index (κ1) is 32.1. The second-order valence-electron chi connectivity index (χ2n) is 11.8. The van der Waals surface area contributed by atoms with Crippen LogP contribution >= 0.6 is 15.6 Å². The quantitative estimate of drug-likeness (QED) is 0.148.